The van der Waals surface area contributed by atoms with E-state index in [1.54, 1.807) is 22.3 Å². The fraction of sp³-hybridized carbons (Fsp3) is 0.500. The fourth-order valence-corrected chi connectivity index (χ4v) is 2.93. The number of likely N-dealkylation sites (N-methyl/N-ethyl adjacent to an activating group) is 1. The smallest absolute Gasteiger partial charge is 0.278 e. The normalized spacial score (nSPS) is 15.1. The maximum atomic E-state index is 12.4. The van der Waals surface area contributed by atoms with E-state index in [1.165, 1.54) is 0 Å². The molecule has 2 N–H and O–H groups in total. The highest BCUT2D eigenvalue weighted by atomic mass is 32.1. The van der Waals surface area contributed by atoms with E-state index >= 15 is 0 Å². The quantitative estimate of drug-likeness (QED) is 0.632. The number of quaternary nitrogens is 1. The van der Waals surface area contributed by atoms with Gasteiger partial charge in [0.25, 0.3) is 11.8 Å². The molecule has 0 aromatic carbocycles. The Labute approximate surface area is 135 Å². The van der Waals surface area contributed by atoms with Crippen molar-refractivity contribution in [2.24, 2.45) is 0 Å². The summed E-state index contributed by atoms with van der Waals surface area (Å²) in [7, 11) is 1.88. The monoisotopic (exact) mass is 322 g/mol. The van der Waals surface area contributed by atoms with Gasteiger partial charge in [-0.15, -0.1) is 17.9 Å². The SMILES string of the molecule is C=CCN(Cc1cccs1)C(=O)C[NH+](C)CC(=O)NC1CC1. The zero-order chi connectivity index (χ0) is 15.9. The highest BCUT2D eigenvalue weighted by Crippen LogP contribution is 2.18. The van der Waals surface area contributed by atoms with Crippen molar-refractivity contribution in [3.8, 4) is 0 Å². The minimum absolute atomic E-state index is 0.0290. The highest BCUT2D eigenvalue weighted by molar-refractivity contribution is 7.09. The number of nitrogens with one attached hydrogen (secondary N) is 2. The van der Waals surface area contributed by atoms with Crippen LogP contribution in [0, 0.1) is 0 Å². The summed E-state index contributed by atoms with van der Waals surface area (Å²) in [4.78, 5) is 28.0. The number of nitrogens with zero attached hydrogens (tertiary/aromatic N) is 1. The van der Waals surface area contributed by atoms with E-state index in [0.717, 1.165) is 22.6 Å². The molecule has 1 aliphatic rings. The number of amides is 2. The Morgan fingerprint density at radius 3 is 2.86 bits per heavy atom. The topological polar surface area (TPSA) is 53.9 Å². The first-order chi connectivity index (χ1) is 10.6. The molecule has 5 nitrogen and oxygen atoms in total. The van der Waals surface area contributed by atoms with Crippen LogP contribution in [0.1, 0.15) is 17.7 Å². The van der Waals surface area contributed by atoms with Crippen molar-refractivity contribution in [3.05, 3.63) is 35.0 Å². The van der Waals surface area contributed by atoms with Crippen molar-refractivity contribution < 1.29 is 14.5 Å². The van der Waals surface area contributed by atoms with E-state index in [2.05, 4.69) is 11.9 Å². The second kappa shape index (κ2) is 8.10. The van der Waals surface area contributed by atoms with E-state index in [0.29, 0.717) is 32.2 Å². The second-order valence-electron chi connectivity index (χ2n) is 5.79. The first-order valence-electron chi connectivity index (χ1n) is 7.60. The largest absolute Gasteiger partial charge is 0.348 e. The Kier molecular flexibility index (Phi) is 6.15. The molecule has 0 aliphatic heterocycles. The van der Waals surface area contributed by atoms with Crippen LogP contribution in [-0.2, 0) is 16.1 Å². The molecule has 1 heterocycles. The van der Waals surface area contributed by atoms with Crippen molar-refractivity contribution in [2.75, 3.05) is 26.7 Å². The van der Waals surface area contributed by atoms with E-state index in [-0.39, 0.29) is 11.8 Å². The number of carbonyl (C=O) groups is 2. The molecule has 0 spiro atoms. The molecule has 1 aromatic heterocycles. The third-order valence-corrected chi connectivity index (χ3v) is 4.35. The predicted molar refractivity (Wildman–Crippen MR) is 87.7 cm³/mol. The summed E-state index contributed by atoms with van der Waals surface area (Å²) in [6.07, 6.45) is 3.90. The fourth-order valence-electron chi connectivity index (χ4n) is 2.21. The Morgan fingerprint density at radius 2 is 2.27 bits per heavy atom. The molecule has 1 fully saturated rings. The number of rotatable bonds is 9. The van der Waals surface area contributed by atoms with Crippen molar-refractivity contribution in [1.82, 2.24) is 10.2 Å². The Hall–Kier alpha value is -1.66. The van der Waals surface area contributed by atoms with Gasteiger partial charge in [0.15, 0.2) is 13.1 Å². The van der Waals surface area contributed by atoms with Crippen LogP contribution < -0.4 is 10.2 Å². The van der Waals surface area contributed by atoms with E-state index < -0.39 is 0 Å². The first-order valence-corrected chi connectivity index (χ1v) is 8.48. The lowest BCUT2D eigenvalue weighted by molar-refractivity contribution is -0.863. The molecule has 0 radical (unpaired) electrons. The lowest BCUT2D eigenvalue weighted by Gasteiger charge is -2.22. The van der Waals surface area contributed by atoms with Crippen LogP contribution in [0.5, 0.6) is 0 Å². The molecule has 120 valence electrons. The molecule has 6 heteroatoms. The van der Waals surface area contributed by atoms with Gasteiger partial charge >= 0.3 is 0 Å². The number of hydrogen-bond acceptors (Lipinski definition) is 3. The van der Waals surface area contributed by atoms with E-state index in [1.807, 2.05) is 24.6 Å². The van der Waals surface area contributed by atoms with E-state index in [4.69, 9.17) is 0 Å². The second-order valence-corrected chi connectivity index (χ2v) is 6.83. The summed E-state index contributed by atoms with van der Waals surface area (Å²) in [6.45, 7) is 5.50. The van der Waals surface area contributed by atoms with Crippen LogP contribution in [0.4, 0.5) is 0 Å². The van der Waals surface area contributed by atoms with Crippen LogP contribution in [0.25, 0.3) is 0 Å². The Bertz CT molecular complexity index is 511. The van der Waals surface area contributed by atoms with Crippen LogP contribution in [0.2, 0.25) is 0 Å². The molecule has 2 rings (SSSR count). The predicted octanol–water partition coefficient (Wildman–Crippen LogP) is 0.0560. The highest BCUT2D eigenvalue weighted by Gasteiger charge is 2.25. The lowest BCUT2D eigenvalue weighted by Crippen LogP contribution is -3.11. The molecule has 1 atom stereocenters. The summed E-state index contributed by atoms with van der Waals surface area (Å²) in [5.74, 6) is 0.0753. The van der Waals surface area contributed by atoms with Gasteiger partial charge < -0.3 is 15.1 Å². The van der Waals surface area contributed by atoms with Gasteiger partial charge in [0.05, 0.1) is 13.6 Å². The molecule has 1 aliphatic carbocycles. The summed E-state index contributed by atoms with van der Waals surface area (Å²) in [5.41, 5.74) is 0. The molecule has 22 heavy (non-hydrogen) atoms. The van der Waals surface area contributed by atoms with Gasteiger partial charge in [-0.3, -0.25) is 9.59 Å². The molecule has 1 unspecified atom stereocenters. The van der Waals surface area contributed by atoms with Crippen LogP contribution in [-0.4, -0.2) is 49.4 Å². The Morgan fingerprint density at radius 1 is 1.50 bits per heavy atom. The van der Waals surface area contributed by atoms with Crippen LogP contribution in [0.15, 0.2) is 30.2 Å². The van der Waals surface area contributed by atoms with Crippen molar-refractivity contribution in [2.45, 2.75) is 25.4 Å². The zero-order valence-corrected chi connectivity index (χ0v) is 13.8. The maximum Gasteiger partial charge on any atom is 0.278 e. The van der Waals surface area contributed by atoms with Gasteiger partial charge in [0.2, 0.25) is 0 Å². The van der Waals surface area contributed by atoms with Crippen molar-refractivity contribution >= 4 is 23.2 Å². The van der Waals surface area contributed by atoms with Gasteiger partial charge in [0, 0.05) is 17.5 Å². The molecular weight excluding hydrogens is 298 g/mol. The third kappa shape index (κ3) is 5.61. The standard InChI is InChI=1S/C16H23N3O2S/c1-3-8-19(10-14-5-4-9-22-14)16(21)12-18(2)11-15(20)17-13-6-7-13/h3-5,9,13H,1,6-8,10-12H2,2H3,(H,17,20)/p+1. The Balaban J connectivity index is 1.80. The van der Waals surface area contributed by atoms with Gasteiger partial charge in [0.1, 0.15) is 0 Å². The molecule has 1 aromatic rings. The number of thiophene rings is 1. The minimum Gasteiger partial charge on any atom is -0.348 e. The zero-order valence-electron chi connectivity index (χ0n) is 13.0. The minimum atomic E-state index is 0.0290. The molecular formula is C16H24N3O2S+. The average Bonchev–Trinajstić information content (AvgIpc) is 3.11. The third-order valence-electron chi connectivity index (χ3n) is 3.49. The van der Waals surface area contributed by atoms with Crippen molar-refractivity contribution in [1.29, 1.82) is 0 Å². The van der Waals surface area contributed by atoms with Crippen LogP contribution >= 0.6 is 11.3 Å². The molecule has 0 bridgehead atoms. The average molecular weight is 322 g/mol. The number of carbonyl (C=O) groups excluding carboxylic acids is 2. The molecule has 0 saturated heterocycles. The molecule has 2 amide bonds. The molecule has 1 saturated carbocycles. The van der Waals surface area contributed by atoms with Gasteiger partial charge in [-0.2, -0.15) is 0 Å². The lowest BCUT2D eigenvalue weighted by atomic mass is 10.3. The summed E-state index contributed by atoms with van der Waals surface area (Å²) < 4.78 is 0. The summed E-state index contributed by atoms with van der Waals surface area (Å²) >= 11 is 1.64. The first kappa shape index (κ1) is 16.7. The van der Waals surface area contributed by atoms with E-state index in [9.17, 15) is 9.59 Å². The maximum absolute atomic E-state index is 12.4. The van der Waals surface area contributed by atoms with Gasteiger partial charge in [-0.05, 0) is 24.3 Å². The van der Waals surface area contributed by atoms with Crippen molar-refractivity contribution in [3.63, 3.8) is 0 Å². The van der Waals surface area contributed by atoms with Crippen LogP contribution in [0.3, 0.4) is 0 Å². The van der Waals surface area contributed by atoms with Gasteiger partial charge in [-0.25, -0.2) is 0 Å². The summed E-state index contributed by atoms with van der Waals surface area (Å²) in [5, 5.41) is 4.96. The summed E-state index contributed by atoms with van der Waals surface area (Å²) in [6, 6.07) is 4.37. The number of hydrogen-bond donors (Lipinski definition) is 2. The van der Waals surface area contributed by atoms with Gasteiger partial charge in [-0.1, -0.05) is 12.1 Å².